The van der Waals surface area contributed by atoms with Gasteiger partial charge in [-0.3, -0.25) is 4.57 Å². The van der Waals surface area contributed by atoms with Crippen LogP contribution in [0.2, 0.25) is 0 Å². The van der Waals surface area contributed by atoms with Gasteiger partial charge in [0, 0.05) is 11.8 Å². The first-order chi connectivity index (χ1) is 10.0. The third-order valence-electron chi connectivity index (χ3n) is 3.05. The van der Waals surface area contributed by atoms with Crippen LogP contribution < -0.4 is 0 Å². The van der Waals surface area contributed by atoms with Crippen LogP contribution in [0.3, 0.4) is 0 Å². The first-order valence-electron chi connectivity index (χ1n) is 5.81. The fraction of sp³-hybridized carbons (Fsp3) is 0. The van der Waals surface area contributed by atoms with E-state index >= 15 is 0 Å². The molecule has 0 fully saturated rings. The molecule has 0 atom stereocenters. The Morgan fingerprint density at radius 2 is 1.95 bits per heavy atom. The summed E-state index contributed by atoms with van der Waals surface area (Å²) in [5.74, 6) is -0.971. The van der Waals surface area contributed by atoms with Crippen molar-refractivity contribution in [3.05, 3.63) is 55.9 Å². The van der Waals surface area contributed by atoms with E-state index in [0.29, 0.717) is 25.1 Å². The molecule has 0 saturated heterocycles. The Balaban J connectivity index is 2.35. The normalized spacial score (nSPS) is 10.8. The van der Waals surface area contributed by atoms with Crippen LogP contribution in [0, 0.1) is 31.3 Å². The Labute approximate surface area is 137 Å². The van der Waals surface area contributed by atoms with Crippen molar-refractivity contribution in [1.82, 2.24) is 9.55 Å². The van der Waals surface area contributed by atoms with Gasteiger partial charge < -0.3 is 4.98 Å². The van der Waals surface area contributed by atoms with Crippen molar-refractivity contribution in [3.63, 3.8) is 0 Å². The molecule has 1 heterocycles. The highest BCUT2D eigenvalue weighted by Crippen LogP contribution is 2.24. The second-order valence-corrected chi connectivity index (χ2v) is 5.87. The number of hydrogen-bond donors (Lipinski definition) is 1. The molecule has 0 radical (unpaired) electrons. The standard InChI is InChI=1S/C14H6F2IN3S/c15-9-2-1-8(3-7(9)6-18)20-13-4-10(16)11(17)5-12(13)19-14(20)21/h1-5H,(H,19,21). The summed E-state index contributed by atoms with van der Waals surface area (Å²) in [6.45, 7) is 0. The van der Waals surface area contributed by atoms with Crippen LogP contribution in [0.15, 0.2) is 30.3 Å². The van der Waals surface area contributed by atoms with E-state index in [1.807, 2.05) is 22.6 Å². The van der Waals surface area contributed by atoms with E-state index < -0.39 is 5.82 Å². The number of aromatic nitrogens is 2. The minimum Gasteiger partial charge on any atom is -0.330 e. The number of nitrogens with zero attached hydrogens (tertiary/aromatic N) is 2. The summed E-state index contributed by atoms with van der Waals surface area (Å²) >= 11 is 7.13. The lowest BCUT2D eigenvalue weighted by Gasteiger charge is -2.06. The quantitative estimate of drug-likeness (QED) is 0.474. The third-order valence-corrected chi connectivity index (χ3v) is 4.16. The zero-order valence-corrected chi connectivity index (χ0v) is 13.3. The summed E-state index contributed by atoms with van der Waals surface area (Å²) in [7, 11) is 0. The van der Waals surface area contributed by atoms with Crippen LogP contribution in [-0.2, 0) is 0 Å². The van der Waals surface area contributed by atoms with Gasteiger partial charge in [-0.25, -0.2) is 8.78 Å². The van der Waals surface area contributed by atoms with Gasteiger partial charge in [-0.05, 0) is 59.1 Å². The van der Waals surface area contributed by atoms with Crippen LogP contribution >= 0.6 is 34.8 Å². The molecule has 104 valence electrons. The van der Waals surface area contributed by atoms with Crippen molar-refractivity contribution in [1.29, 1.82) is 5.26 Å². The lowest BCUT2D eigenvalue weighted by atomic mass is 10.2. The van der Waals surface area contributed by atoms with E-state index in [-0.39, 0.29) is 11.4 Å². The molecule has 2 aromatic carbocycles. The molecule has 0 bridgehead atoms. The van der Waals surface area contributed by atoms with Crippen molar-refractivity contribution >= 4 is 45.8 Å². The molecule has 0 amide bonds. The number of H-pyrrole nitrogens is 1. The largest absolute Gasteiger partial charge is 0.330 e. The molecule has 3 nitrogen and oxygen atoms in total. The molecular weight excluding hydrogens is 407 g/mol. The van der Waals surface area contributed by atoms with E-state index in [2.05, 4.69) is 4.98 Å². The lowest BCUT2D eigenvalue weighted by molar-refractivity contribution is 0.621. The molecule has 21 heavy (non-hydrogen) atoms. The van der Waals surface area contributed by atoms with Crippen molar-refractivity contribution in [2.24, 2.45) is 0 Å². The monoisotopic (exact) mass is 413 g/mol. The maximum absolute atomic E-state index is 13.8. The molecule has 0 aliphatic rings. The van der Waals surface area contributed by atoms with Gasteiger partial charge in [0.2, 0.25) is 0 Å². The van der Waals surface area contributed by atoms with Crippen molar-refractivity contribution in [2.75, 3.05) is 0 Å². The van der Waals surface area contributed by atoms with E-state index in [1.54, 1.807) is 16.7 Å². The summed E-state index contributed by atoms with van der Waals surface area (Å²) in [5, 5.41) is 8.91. The molecule has 0 aliphatic carbocycles. The molecule has 1 N–H and O–H groups in total. The Kier molecular flexibility index (Phi) is 3.51. The highest BCUT2D eigenvalue weighted by Gasteiger charge is 2.12. The third kappa shape index (κ3) is 2.34. The zero-order valence-electron chi connectivity index (χ0n) is 10.3. The average Bonchev–Trinajstić information content (AvgIpc) is 2.75. The number of fused-ring (bicyclic) bond motifs is 1. The molecule has 0 spiro atoms. The van der Waals surface area contributed by atoms with Gasteiger partial charge in [-0.15, -0.1) is 0 Å². The van der Waals surface area contributed by atoms with E-state index in [9.17, 15) is 8.78 Å². The first kappa shape index (κ1) is 14.2. The van der Waals surface area contributed by atoms with Gasteiger partial charge in [0.1, 0.15) is 17.7 Å². The van der Waals surface area contributed by atoms with Crippen LogP contribution in [0.1, 0.15) is 5.56 Å². The maximum Gasteiger partial charge on any atom is 0.182 e. The molecule has 0 aliphatic heterocycles. The SMILES string of the molecule is N#Cc1cc(-n2c(=S)[nH]c3cc(I)c(F)cc32)ccc1F. The number of aromatic amines is 1. The lowest BCUT2D eigenvalue weighted by Crippen LogP contribution is -1.97. The average molecular weight is 413 g/mol. The van der Waals surface area contributed by atoms with Gasteiger partial charge in [0.15, 0.2) is 4.77 Å². The molecule has 0 unspecified atom stereocenters. The van der Waals surface area contributed by atoms with Crippen LogP contribution in [-0.4, -0.2) is 9.55 Å². The summed E-state index contributed by atoms with van der Waals surface area (Å²) < 4.78 is 29.6. The highest BCUT2D eigenvalue weighted by molar-refractivity contribution is 14.1. The summed E-state index contributed by atoms with van der Waals surface area (Å²) in [6.07, 6.45) is 0. The van der Waals surface area contributed by atoms with Gasteiger partial charge in [-0.2, -0.15) is 5.26 Å². The number of imidazole rings is 1. The van der Waals surface area contributed by atoms with Crippen molar-refractivity contribution in [2.45, 2.75) is 0 Å². The van der Waals surface area contributed by atoms with Crippen molar-refractivity contribution < 1.29 is 8.78 Å². The van der Waals surface area contributed by atoms with Crippen LogP contribution in [0.5, 0.6) is 0 Å². The fourth-order valence-corrected chi connectivity index (χ4v) is 2.88. The highest BCUT2D eigenvalue weighted by atomic mass is 127. The minimum absolute atomic E-state index is 0.0882. The van der Waals surface area contributed by atoms with E-state index in [1.165, 1.54) is 24.3 Å². The second kappa shape index (κ2) is 5.20. The summed E-state index contributed by atoms with van der Waals surface area (Å²) in [4.78, 5) is 2.98. The number of halogens is 3. The fourth-order valence-electron chi connectivity index (χ4n) is 2.10. The molecule has 0 saturated carbocycles. The Morgan fingerprint density at radius 3 is 2.67 bits per heavy atom. The van der Waals surface area contributed by atoms with Gasteiger partial charge in [0.25, 0.3) is 0 Å². The predicted octanol–water partition coefficient (Wildman–Crippen LogP) is 4.44. The Bertz CT molecular complexity index is 969. The summed E-state index contributed by atoms with van der Waals surface area (Å²) in [6, 6.07) is 8.85. The van der Waals surface area contributed by atoms with E-state index in [0.717, 1.165) is 0 Å². The Hall–Kier alpha value is -1.79. The number of hydrogen-bond acceptors (Lipinski definition) is 2. The Morgan fingerprint density at radius 1 is 1.19 bits per heavy atom. The van der Waals surface area contributed by atoms with Crippen LogP contribution in [0.4, 0.5) is 8.78 Å². The smallest absolute Gasteiger partial charge is 0.182 e. The van der Waals surface area contributed by atoms with E-state index in [4.69, 9.17) is 17.5 Å². The van der Waals surface area contributed by atoms with Crippen LogP contribution in [0.25, 0.3) is 16.7 Å². The van der Waals surface area contributed by atoms with Gasteiger partial charge in [-0.1, -0.05) is 0 Å². The zero-order chi connectivity index (χ0) is 15.1. The minimum atomic E-state index is -0.603. The second-order valence-electron chi connectivity index (χ2n) is 4.32. The predicted molar refractivity (Wildman–Crippen MR) is 85.8 cm³/mol. The first-order valence-corrected chi connectivity index (χ1v) is 7.30. The molecule has 1 aromatic heterocycles. The summed E-state index contributed by atoms with van der Waals surface area (Å²) in [5.41, 5.74) is 1.63. The number of nitrogens with one attached hydrogen (secondary N) is 1. The number of rotatable bonds is 1. The number of benzene rings is 2. The van der Waals surface area contributed by atoms with Gasteiger partial charge >= 0.3 is 0 Å². The number of nitriles is 1. The van der Waals surface area contributed by atoms with Crippen molar-refractivity contribution in [3.8, 4) is 11.8 Å². The molecular formula is C14H6F2IN3S. The molecule has 7 heteroatoms. The molecule has 3 aromatic rings. The molecule has 3 rings (SSSR count). The maximum atomic E-state index is 13.8. The topological polar surface area (TPSA) is 44.5 Å². The van der Waals surface area contributed by atoms with Gasteiger partial charge in [0.05, 0.1) is 20.2 Å².